The van der Waals surface area contributed by atoms with E-state index < -0.39 is 6.09 Å². The fourth-order valence-corrected chi connectivity index (χ4v) is 4.00. The molecule has 0 spiro atoms. The zero-order valence-electron chi connectivity index (χ0n) is 19.4. The number of hydrogen-bond acceptors (Lipinski definition) is 5. The minimum Gasteiger partial charge on any atom is -0.445 e. The molecule has 1 saturated carbocycles. The predicted octanol–water partition coefficient (Wildman–Crippen LogP) is 2.74. The molecule has 2 heterocycles. The largest absolute Gasteiger partial charge is 0.445 e. The summed E-state index contributed by atoms with van der Waals surface area (Å²) < 4.78 is 17.5. The molecule has 8 heteroatoms. The molecule has 3 rings (SSSR count). The van der Waals surface area contributed by atoms with Gasteiger partial charge in [-0.15, -0.1) is 0 Å². The number of carbonyl (C=O) groups is 3. The van der Waals surface area contributed by atoms with E-state index in [0.717, 1.165) is 31.8 Å². The van der Waals surface area contributed by atoms with Crippen molar-refractivity contribution in [2.75, 3.05) is 45.9 Å². The lowest BCUT2D eigenvalue weighted by atomic mass is 10.1. The topological polar surface area (TPSA) is 79.0 Å². The van der Waals surface area contributed by atoms with Gasteiger partial charge in [0.05, 0.1) is 0 Å². The van der Waals surface area contributed by atoms with Crippen LogP contribution in [0.5, 0.6) is 0 Å². The molecular weight excluding hydrogens is 389 g/mol. The van der Waals surface area contributed by atoms with Crippen LogP contribution in [0.25, 0.3) is 0 Å². The van der Waals surface area contributed by atoms with Gasteiger partial charge in [0.1, 0.15) is 25.6 Å². The van der Waals surface area contributed by atoms with Crippen molar-refractivity contribution < 1.29 is 23.5 Å². The number of alkyl carbamates (subject to hydrolysis) is 1. The van der Waals surface area contributed by atoms with Gasteiger partial charge in [0, 0.05) is 32.7 Å². The first-order chi connectivity index (χ1) is 14.1. The van der Waals surface area contributed by atoms with Gasteiger partial charge >= 0.3 is 6.09 Å². The van der Waals surface area contributed by atoms with Crippen LogP contribution >= 0.6 is 0 Å². The number of rotatable bonds is 5. The molecule has 1 aliphatic carbocycles. The van der Waals surface area contributed by atoms with Crippen LogP contribution in [0.15, 0.2) is 0 Å². The van der Waals surface area contributed by atoms with Gasteiger partial charge in [0.2, 0.25) is 5.91 Å². The molecule has 3 fully saturated rings. The Morgan fingerprint density at radius 1 is 1.20 bits per heavy atom. The number of fused-ring (bicyclic) bond motifs is 1. The van der Waals surface area contributed by atoms with Crippen molar-refractivity contribution >= 4 is 18.3 Å². The highest BCUT2D eigenvalue weighted by Crippen LogP contribution is 2.61. The van der Waals surface area contributed by atoms with Crippen LogP contribution in [0.3, 0.4) is 0 Å². The number of alkyl halides is 1. The first kappa shape index (κ1) is 26.3. The number of nitrogens with zero attached hydrogens (tertiary/aromatic N) is 2. The number of hydrogen-bond donors (Lipinski definition) is 1. The first-order valence-corrected chi connectivity index (χ1v) is 11.0. The fourth-order valence-electron chi connectivity index (χ4n) is 4.00. The van der Waals surface area contributed by atoms with E-state index in [2.05, 4.69) is 39.9 Å². The van der Waals surface area contributed by atoms with Gasteiger partial charge in [-0.25, -0.2) is 9.18 Å². The third-order valence-electron chi connectivity index (χ3n) is 5.76. The third kappa shape index (κ3) is 8.20. The molecule has 0 aromatic rings. The number of piperidine rings is 1. The van der Waals surface area contributed by atoms with Gasteiger partial charge < -0.3 is 19.7 Å². The average molecular weight is 430 g/mol. The summed E-state index contributed by atoms with van der Waals surface area (Å²) in [7, 11) is 0. The maximum atomic E-state index is 12.3. The second kappa shape index (κ2) is 12.2. The summed E-state index contributed by atoms with van der Waals surface area (Å²) in [4.78, 5) is 36.4. The van der Waals surface area contributed by atoms with E-state index in [9.17, 15) is 14.0 Å². The van der Waals surface area contributed by atoms with Crippen LogP contribution < -0.4 is 5.32 Å². The van der Waals surface area contributed by atoms with Crippen LogP contribution in [0, 0.1) is 23.2 Å². The Kier molecular flexibility index (Phi) is 10.7. The lowest BCUT2D eigenvalue weighted by Gasteiger charge is -2.22. The number of aldehydes is 1. The minimum atomic E-state index is -0.560. The van der Waals surface area contributed by atoms with Crippen molar-refractivity contribution in [1.29, 1.82) is 0 Å². The van der Waals surface area contributed by atoms with Gasteiger partial charge in [0.25, 0.3) is 0 Å². The highest BCUT2D eigenvalue weighted by Gasteiger charge is 2.62. The summed E-state index contributed by atoms with van der Waals surface area (Å²) in [6.07, 6.45) is 0.693. The quantitative estimate of drug-likeness (QED) is 0.680. The van der Waals surface area contributed by atoms with Crippen LogP contribution in [0.2, 0.25) is 0 Å². The van der Waals surface area contributed by atoms with E-state index in [-0.39, 0.29) is 25.2 Å². The van der Waals surface area contributed by atoms with Gasteiger partial charge in [-0.1, -0.05) is 34.6 Å². The number of halogens is 1. The Hall–Kier alpha value is -1.70. The van der Waals surface area contributed by atoms with E-state index in [0.29, 0.717) is 36.8 Å². The molecule has 0 aromatic carbocycles. The Morgan fingerprint density at radius 3 is 2.23 bits per heavy atom. The molecule has 3 atom stereocenters. The first-order valence-electron chi connectivity index (χ1n) is 11.0. The molecular formula is C22H40FN3O4. The van der Waals surface area contributed by atoms with Crippen LogP contribution in [0.1, 0.15) is 48.0 Å². The Labute approximate surface area is 180 Å². The van der Waals surface area contributed by atoms with Crippen molar-refractivity contribution in [3.05, 3.63) is 0 Å². The zero-order valence-corrected chi connectivity index (χ0v) is 19.4. The maximum absolute atomic E-state index is 12.3. The van der Waals surface area contributed by atoms with Crippen molar-refractivity contribution in [2.45, 2.75) is 54.1 Å². The molecule has 0 aromatic heterocycles. The highest BCUT2D eigenvalue weighted by atomic mass is 19.1. The average Bonchev–Trinajstić information content (AvgIpc) is 3.08. The number of ether oxygens (including phenoxy) is 1. The second-order valence-electron chi connectivity index (χ2n) is 9.46. The Morgan fingerprint density at radius 2 is 1.73 bits per heavy atom. The standard InChI is InChI=1S/C16H26FN3O3.C4H10.C2H4O/c1-16(2)12-9-20(10-13(12)16)14(21)7-18-15(22)23-11-3-5-19(8-11)6-4-17;1-4(2)3;1-2-3/h11-13H,3-10H2,1-2H3,(H,18,22);4H,1-3H3;2H,1H3. The molecule has 2 amide bonds. The fraction of sp³-hybridized carbons (Fsp3) is 0.864. The highest BCUT2D eigenvalue weighted by molar-refractivity contribution is 5.82. The van der Waals surface area contributed by atoms with Crippen LogP contribution in [0.4, 0.5) is 9.18 Å². The van der Waals surface area contributed by atoms with Gasteiger partial charge in [0.15, 0.2) is 0 Å². The predicted molar refractivity (Wildman–Crippen MR) is 115 cm³/mol. The van der Waals surface area contributed by atoms with E-state index in [1.54, 1.807) is 0 Å². The molecule has 30 heavy (non-hydrogen) atoms. The number of carbonyl (C=O) groups excluding carboxylic acids is 3. The molecule has 3 unspecified atom stereocenters. The monoisotopic (exact) mass is 429 g/mol. The SMILES string of the molecule is CC(C)C.CC1(C)C2CN(C(=O)CNC(=O)OC3CCN(CCF)C3)CC21.CC=O. The molecule has 2 aliphatic heterocycles. The van der Waals surface area contributed by atoms with Crippen molar-refractivity contribution in [3.63, 3.8) is 0 Å². The summed E-state index contributed by atoms with van der Waals surface area (Å²) in [6.45, 7) is 15.3. The second-order valence-corrected chi connectivity index (χ2v) is 9.46. The molecule has 0 radical (unpaired) electrons. The van der Waals surface area contributed by atoms with E-state index >= 15 is 0 Å². The van der Waals surface area contributed by atoms with Crippen LogP contribution in [-0.2, 0) is 14.3 Å². The Bertz CT molecular complexity index is 554. The number of nitrogens with one attached hydrogen (secondary N) is 1. The van der Waals surface area contributed by atoms with Crippen LogP contribution in [-0.4, -0.2) is 80.1 Å². The van der Waals surface area contributed by atoms with Gasteiger partial charge in [-0.05, 0) is 36.5 Å². The molecule has 2 saturated heterocycles. The molecule has 174 valence electrons. The van der Waals surface area contributed by atoms with Crippen molar-refractivity contribution in [1.82, 2.24) is 15.1 Å². The van der Waals surface area contributed by atoms with E-state index in [4.69, 9.17) is 9.53 Å². The van der Waals surface area contributed by atoms with Crippen molar-refractivity contribution in [2.24, 2.45) is 23.2 Å². The Balaban J connectivity index is 0.000000564. The maximum Gasteiger partial charge on any atom is 0.407 e. The third-order valence-corrected chi connectivity index (χ3v) is 5.76. The van der Waals surface area contributed by atoms with Gasteiger partial charge in [-0.3, -0.25) is 9.69 Å². The summed E-state index contributed by atoms with van der Waals surface area (Å²) in [5, 5.41) is 2.54. The lowest BCUT2D eigenvalue weighted by Crippen LogP contribution is -2.42. The summed E-state index contributed by atoms with van der Waals surface area (Å²) in [5.41, 5.74) is 0.372. The van der Waals surface area contributed by atoms with Gasteiger partial charge in [-0.2, -0.15) is 0 Å². The summed E-state index contributed by atoms with van der Waals surface area (Å²) in [6, 6.07) is 0. The van der Waals surface area contributed by atoms with Crippen molar-refractivity contribution in [3.8, 4) is 0 Å². The van der Waals surface area contributed by atoms with E-state index in [1.807, 2.05) is 9.80 Å². The van der Waals surface area contributed by atoms with E-state index in [1.165, 1.54) is 6.92 Å². The molecule has 1 N–H and O–H groups in total. The smallest absolute Gasteiger partial charge is 0.407 e. The summed E-state index contributed by atoms with van der Waals surface area (Å²) in [5.74, 6) is 2.01. The zero-order chi connectivity index (χ0) is 22.9. The summed E-state index contributed by atoms with van der Waals surface area (Å²) >= 11 is 0. The number of likely N-dealkylation sites (tertiary alicyclic amines) is 2. The number of amides is 2. The molecule has 3 aliphatic rings. The molecule has 0 bridgehead atoms. The lowest BCUT2D eigenvalue weighted by molar-refractivity contribution is -0.130. The minimum absolute atomic E-state index is 0.0143. The molecule has 7 nitrogen and oxygen atoms in total. The normalized spacial score (nSPS) is 26.0.